The standard InChI is InChI=1S/C11H12N2O6S/c14-11(15)10-2-1-7-12(10)20(18,19)9-5-3-8(4-6-9)13(16)17/h3-6,10H,1-2,7H2,(H,14,15). The lowest BCUT2D eigenvalue weighted by Gasteiger charge is -2.20. The Hall–Kier alpha value is -2.00. The Labute approximate surface area is 114 Å². The first kappa shape index (κ1) is 14.4. The average Bonchev–Trinajstić information content (AvgIpc) is 2.89. The second-order valence-electron chi connectivity index (χ2n) is 4.36. The third-order valence-electron chi connectivity index (χ3n) is 3.14. The SMILES string of the molecule is O=C(O)C1CCCN1S(=O)(=O)c1ccc([N+](=O)[O-])cc1. The zero-order valence-corrected chi connectivity index (χ0v) is 11.1. The van der Waals surface area contributed by atoms with Crippen LogP contribution in [0.5, 0.6) is 0 Å². The lowest BCUT2D eigenvalue weighted by atomic mass is 10.2. The van der Waals surface area contributed by atoms with Crippen LogP contribution >= 0.6 is 0 Å². The minimum atomic E-state index is -3.95. The molecule has 1 heterocycles. The van der Waals surface area contributed by atoms with Crippen molar-refractivity contribution in [2.24, 2.45) is 0 Å². The lowest BCUT2D eigenvalue weighted by Crippen LogP contribution is -2.40. The van der Waals surface area contributed by atoms with Crippen molar-refractivity contribution in [2.45, 2.75) is 23.8 Å². The molecule has 1 fully saturated rings. The van der Waals surface area contributed by atoms with Gasteiger partial charge in [-0.2, -0.15) is 4.31 Å². The van der Waals surface area contributed by atoms with E-state index < -0.39 is 27.0 Å². The van der Waals surface area contributed by atoms with Gasteiger partial charge in [-0.15, -0.1) is 0 Å². The number of nitro groups is 1. The highest BCUT2D eigenvalue weighted by Crippen LogP contribution is 2.27. The Morgan fingerprint density at radius 1 is 1.35 bits per heavy atom. The van der Waals surface area contributed by atoms with Gasteiger partial charge in [0.15, 0.2) is 0 Å². The normalized spacial score (nSPS) is 19.9. The first-order valence-corrected chi connectivity index (χ1v) is 7.27. The van der Waals surface area contributed by atoms with Crippen LogP contribution in [0.1, 0.15) is 12.8 Å². The van der Waals surface area contributed by atoms with E-state index in [1.807, 2.05) is 0 Å². The van der Waals surface area contributed by atoms with Crippen LogP contribution < -0.4 is 0 Å². The Bertz CT molecular complexity index is 639. The highest BCUT2D eigenvalue weighted by Gasteiger charge is 2.39. The van der Waals surface area contributed by atoms with Gasteiger partial charge in [0.05, 0.1) is 9.82 Å². The molecule has 0 aliphatic carbocycles. The topological polar surface area (TPSA) is 118 Å². The number of hydrogen-bond donors (Lipinski definition) is 1. The zero-order chi connectivity index (χ0) is 14.9. The number of carbonyl (C=O) groups is 1. The molecule has 108 valence electrons. The maximum atomic E-state index is 12.3. The van der Waals surface area contributed by atoms with E-state index >= 15 is 0 Å². The summed E-state index contributed by atoms with van der Waals surface area (Å²) >= 11 is 0. The number of nitrogens with zero attached hydrogens (tertiary/aromatic N) is 2. The van der Waals surface area contributed by atoms with E-state index in [1.54, 1.807) is 0 Å². The van der Waals surface area contributed by atoms with Crippen molar-refractivity contribution >= 4 is 21.7 Å². The molecule has 0 spiro atoms. The van der Waals surface area contributed by atoms with Crippen LogP contribution in [0.2, 0.25) is 0 Å². The summed E-state index contributed by atoms with van der Waals surface area (Å²) in [6.07, 6.45) is 0.741. The van der Waals surface area contributed by atoms with Gasteiger partial charge in [0, 0.05) is 18.7 Å². The molecule has 0 bridgehead atoms. The quantitative estimate of drug-likeness (QED) is 0.650. The maximum absolute atomic E-state index is 12.3. The molecule has 9 heteroatoms. The molecular formula is C11H12N2O6S. The Kier molecular flexibility index (Phi) is 3.73. The van der Waals surface area contributed by atoms with Gasteiger partial charge >= 0.3 is 5.97 Å². The molecule has 2 rings (SSSR count). The predicted molar refractivity (Wildman–Crippen MR) is 67.6 cm³/mol. The second kappa shape index (κ2) is 5.17. The van der Waals surface area contributed by atoms with Crippen LogP contribution in [0.25, 0.3) is 0 Å². The Morgan fingerprint density at radius 2 is 1.95 bits per heavy atom. The summed E-state index contributed by atoms with van der Waals surface area (Å²) in [7, 11) is -3.95. The van der Waals surface area contributed by atoms with Crippen molar-refractivity contribution in [1.82, 2.24) is 4.31 Å². The summed E-state index contributed by atoms with van der Waals surface area (Å²) in [5.41, 5.74) is -0.222. The van der Waals surface area contributed by atoms with E-state index in [0.717, 1.165) is 28.6 Å². The van der Waals surface area contributed by atoms with E-state index in [1.165, 1.54) is 0 Å². The fraction of sp³-hybridized carbons (Fsp3) is 0.364. The van der Waals surface area contributed by atoms with E-state index in [9.17, 15) is 23.3 Å². The summed E-state index contributed by atoms with van der Waals surface area (Å²) in [6.45, 7) is 0.135. The molecule has 1 saturated heterocycles. The number of aliphatic carboxylic acids is 1. The van der Waals surface area contributed by atoms with E-state index in [0.29, 0.717) is 6.42 Å². The Balaban J connectivity index is 2.35. The Morgan fingerprint density at radius 3 is 2.45 bits per heavy atom. The number of hydrogen-bond acceptors (Lipinski definition) is 5. The van der Waals surface area contributed by atoms with Crippen LogP contribution in [-0.2, 0) is 14.8 Å². The van der Waals surface area contributed by atoms with Gasteiger partial charge in [0.25, 0.3) is 5.69 Å². The lowest BCUT2D eigenvalue weighted by molar-refractivity contribution is -0.384. The second-order valence-corrected chi connectivity index (χ2v) is 6.25. The zero-order valence-electron chi connectivity index (χ0n) is 10.3. The van der Waals surface area contributed by atoms with Crippen LogP contribution in [-0.4, -0.2) is 41.3 Å². The van der Waals surface area contributed by atoms with E-state index in [4.69, 9.17) is 5.11 Å². The van der Waals surface area contributed by atoms with Crippen molar-refractivity contribution in [3.05, 3.63) is 34.4 Å². The van der Waals surface area contributed by atoms with Gasteiger partial charge in [-0.3, -0.25) is 14.9 Å². The minimum Gasteiger partial charge on any atom is -0.480 e. The molecule has 1 N–H and O–H groups in total. The summed E-state index contributed by atoms with van der Waals surface area (Å²) in [5.74, 6) is -1.19. The molecule has 0 saturated carbocycles. The molecule has 1 aromatic rings. The molecule has 1 unspecified atom stereocenters. The third kappa shape index (κ3) is 2.49. The number of sulfonamides is 1. The predicted octanol–water partition coefficient (Wildman–Crippen LogP) is 0.833. The summed E-state index contributed by atoms with van der Waals surface area (Å²) in [6, 6.07) is 3.32. The molecule has 0 amide bonds. The smallest absolute Gasteiger partial charge is 0.322 e. The van der Waals surface area contributed by atoms with Gasteiger partial charge in [-0.05, 0) is 25.0 Å². The van der Waals surface area contributed by atoms with Crippen molar-refractivity contribution in [3.8, 4) is 0 Å². The molecule has 1 atom stereocenters. The van der Waals surface area contributed by atoms with Gasteiger partial charge in [0.2, 0.25) is 10.0 Å². The summed E-state index contributed by atoms with van der Waals surface area (Å²) < 4.78 is 25.6. The first-order valence-electron chi connectivity index (χ1n) is 5.83. The number of carboxylic acids is 1. The number of carboxylic acid groups (broad SMARTS) is 1. The molecule has 0 aromatic heterocycles. The molecule has 1 aliphatic heterocycles. The molecule has 0 radical (unpaired) electrons. The maximum Gasteiger partial charge on any atom is 0.322 e. The molecular weight excluding hydrogens is 288 g/mol. The molecule has 1 aliphatic rings. The van der Waals surface area contributed by atoms with Crippen LogP contribution in [0, 0.1) is 10.1 Å². The number of non-ortho nitro benzene ring substituents is 1. The van der Waals surface area contributed by atoms with Crippen LogP contribution in [0.3, 0.4) is 0 Å². The third-order valence-corrected chi connectivity index (χ3v) is 5.07. The average molecular weight is 300 g/mol. The monoisotopic (exact) mass is 300 g/mol. The summed E-state index contributed by atoms with van der Waals surface area (Å²) in [5, 5.41) is 19.5. The fourth-order valence-corrected chi connectivity index (χ4v) is 3.80. The minimum absolute atomic E-state index is 0.135. The number of benzene rings is 1. The van der Waals surface area contributed by atoms with Gasteiger partial charge in [-0.1, -0.05) is 0 Å². The van der Waals surface area contributed by atoms with Crippen molar-refractivity contribution in [3.63, 3.8) is 0 Å². The van der Waals surface area contributed by atoms with Crippen molar-refractivity contribution in [1.29, 1.82) is 0 Å². The van der Waals surface area contributed by atoms with Crippen LogP contribution in [0.4, 0.5) is 5.69 Å². The molecule has 8 nitrogen and oxygen atoms in total. The first-order chi connectivity index (χ1) is 9.34. The van der Waals surface area contributed by atoms with Crippen molar-refractivity contribution in [2.75, 3.05) is 6.54 Å². The van der Waals surface area contributed by atoms with Crippen LogP contribution in [0.15, 0.2) is 29.2 Å². The fourth-order valence-electron chi connectivity index (χ4n) is 2.15. The molecule has 1 aromatic carbocycles. The number of rotatable bonds is 4. The summed E-state index contributed by atoms with van der Waals surface area (Å²) in [4.78, 5) is 20.8. The highest BCUT2D eigenvalue weighted by molar-refractivity contribution is 7.89. The van der Waals surface area contributed by atoms with Gasteiger partial charge < -0.3 is 5.11 Å². The van der Waals surface area contributed by atoms with Gasteiger partial charge in [-0.25, -0.2) is 8.42 Å². The van der Waals surface area contributed by atoms with Gasteiger partial charge in [0.1, 0.15) is 6.04 Å². The highest BCUT2D eigenvalue weighted by atomic mass is 32.2. The van der Waals surface area contributed by atoms with E-state index in [-0.39, 0.29) is 23.5 Å². The largest absolute Gasteiger partial charge is 0.480 e. The van der Waals surface area contributed by atoms with E-state index in [2.05, 4.69) is 0 Å². The van der Waals surface area contributed by atoms with Crippen molar-refractivity contribution < 1.29 is 23.2 Å². The number of nitro benzene ring substituents is 1. The molecule has 20 heavy (non-hydrogen) atoms.